The summed E-state index contributed by atoms with van der Waals surface area (Å²) in [6.45, 7) is 0. The number of rotatable bonds is 12. The first kappa shape index (κ1) is 56.4. The molecule has 2 heterocycles. The van der Waals surface area contributed by atoms with Crippen molar-refractivity contribution in [1.29, 1.82) is 0 Å². The average molecular weight is 985 g/mol. The number of H-pyrrole nitrogens is 4. The molecule has 0 aliphatic rings. The summed E-state index contributed by atoms with van der Waals surface area (Å²) in [5.74, 6) is -6.33. The van der Waals surface area contributed by atoms with E-state index in [0.717, 1.165) is 24.3 Å². The number of carbonyl (C=O) groups is 4. The molecular weight excluding hydrogens is 960 g/mol. The van der Waals surface area contributed by atoms with Crippen LogP contribution < -0.4 is 20.4 Å². The van der Waals surface area contributed by atoms with Gasteiger partial charge in [0.2, 0.25) is 0 Å². The Bertz CT molecular complexity index is 2220. The van der Waals surface area contributed by atoms with E-state index in [0.29, 0.717) is 48.5 Å². The van der Waals surface area contributed by atoms with E-state index < -0.39 is 131 Å². The van der Waals surface area contributed by atoms with E-state index in [2.05, 4.69) is 20.4 Å². The molecule has 4 aromatic carbocycles. The first-order chi connectivity index (χ1) is 32.7. The normalized spacial score (nSPS) is 9.37. The number of carbonyl (C=O) groups excluding carboxylic acids is 2. The van der Waals surface area contributed by atoms with Crippen LogP contribution in [0.25, 0.3) is 0 Å². The monoisotopic (exact) mass is 984 g/mol. The van der Waals surface area contributed by atoms with Gasteiger partial charge in [-0.3, -0.25) is 80.9 Å². The first-order valence-electron chi connectivity index (χ1n) is 17.3. The quantitative estimate of drug-likeness (QED) is 0.100. The fraction of sp³-hybridized carbons (Fsp3) is 0. The van der Waals surface area contributed by atoms with Crippen molar-refractivity contribution in [3.8, 4) is 0 Å². The molecule has 0 fully saturated rings. The molecule has 6 aromatic rings. The highest BCUT2D eigenvalue weighted by Crippen LogP contribution is 2.25. The van der Waals surface area contributed by atoms with Crippen molar-refractivity contribution < 1.29 is 89.2 Å². The highest BCUT2D eigenvalue weighted by atomic mass is 16.7. The van der Waals surface area contributed by atoms with Crippen LogP contribution in [-0.2, 0) is 0 Å². The second kappa shape index (κ2) is 26.9. The van der Waals surface area contributed by atoms with Crippen LogP contribution >= 0.6 is 0 Å². The summed E-state index contributed by atoms with van der Waals surface area (Å²) in [6, 6.07) is 12.3. The largest absolute Gasteiger partial charge is 0.545 e. The third-order valence-electron chi connectivity index (χ3n) is 7.15. The van der Waals surface area contributed by atoms with Crippen LogP contribution in [0, 0.1) is 80.9 Å². The van der Waals surface area contributed by atoms with Gasteiger partial charge in [0.1, 0.15) is 0 Å². The predicted octanol–water partition coefficient (Wildman–Crippen LogP) is 1.79. The minimum Gasteiger partial charge on any atom is -0.545 e. The van der Waals surface area contributed by atoms with Crippen molar-refractivity contribution in [2.45, 2.75) is 0 Å². The van der Waals surface area contributed by atoms with E-state index in [9.17, 15) is 110 Å². The van der Waals surface area contributed by atoms with Crippen LogP contribution in [0.15, 0.2) is 110 Å². The van der Waals surface area contributed by atoms with Gasteiger partial charge < -0.3 is 30.0 Å². The van der Waals surface area contributed by atoms with Crippen LogP contribution in [0.4, 0.5) is 45.5 Å². The number of carboxylic acids is 4. The number of hydrogen-bond donors (Lipinski definition) is 4. The zero-order chi connectivity index (χ0) is 53.4. The fourth-order valence-electron chi connectivity index (χ4n) is 4.19. The molecule has 0 saturated heterocycles. The van der Waals surface area contributed by atoms with Crippen molar-refractivity contribution in [2.75, 3.05) is 0 Å². The van der Waals surface area contributed by atoms with Gasteiger partial charge in [-0.25, -0.2) is 9.59 Å². The van der Waals surface area contributed by atoms with E-state index >= 15 is 0 Å². The molecule has 0 amide bonds. The molecule has 36 nitrogen and oxygen atoms in total. The minimum atomic E-state index is -1.71. The van der Waals surface area contributed by atoms with Crippen molar-refractivity contribution in [3.05, 3.63) is 213 Å². The Morgan fingerprint density at radius 2 is 0.543 bits per heavy atom. The zero-order valence-electron chi connectivity index (χ0n) is 33.8. The van der Waals surface area contributed by atoms with Crippen LogP contribution in [0.3, 0.4) is 0 Å². The smallest absolute Gasteiger partial charge is 0.336 e. The number of aromatic carboxylic acids is 4. The van der Waals surface area contributed by atoms with Gasteiger partial charge in [-0.2, -0.15) is 10.2 Å². The lowest BCUT2D eigenvalue weighted by molar-refractivity contribution is -0.449. The molecule has 364 valence electrons. The molecule has 0 atom stereocenters. The maximum absolute atomic E-state index is 10.5. The van der Waals surface area contributed by atoms with Gasteiger partial charge in [0.15, 0.2) is 12.4 Å². The molecule has 70 heavy (non-hydrogen) atoms. The molecule has 0 bridgehead atoms. The number of nitrogens with one attached hydrogen (secondary N) is 4. The summed E-state index contributed by atoms with van der Waals surface area (Å²) in [7, 11) is 0. The Morgan fingerprint density at radius 1 is 0.357 bits per heavy atom. The fourth-order valence-corrected chi connectivity index (χ4v) is 4.19. The second-order valence-electron chi connectivity index (χ2n) is 11.8. The molecule has 0 unspecified atom stereocenters. The minimum absolute atomic E-state index is 0.490. The Balaban J connectivity index is 0.000000436. The number of non-ortho nitro benzene ring substituents is 8. The van der Waals surface area contributed by atoms with E-state index in [-0.39, 0.29) is 0 Å². The molecule has 0 spiro atoms. The van der Waals surface area contributed by atoms with Crippen LogP contribution in [0.2, 0.25) is 0 Å². The van der Waals surface area contributed by atoms with Crippen molar-refractivity contribution in [2.24, 2.45) is 0 Å². The van der Waals surface area contributed by atoms with Crippen LogP contribution in [-0.4, -0.2) is 83.7 Å². The molecule has 0 aliphatic carbocycles. The van der Waals surface area contributed by atoms with Gasteiger partial charge in [-0.1, -0.05) is 0 Å². The lowest BCUT2D eigenvalue weighted by atomic mass is 10.2. The van der Waals surface area contributed by atoms with Gasteiger partial charge >= 0.3 is 11.9 Å². The summed E-state index contributed by atoms with van der Waals surface area (Å²) < 4.78 is 0. The summed E-state index contributed by atoms with van der Waals surface area (Å²) in [5.41, 5.74) is -7.33. The summed E-state index contributed by atoms with van der Waals surface area (Å²) in [4.78, 5) is 117. The first-order valence-corrected chi connectivity index (χ1v) is 17.3. The number of aromatic amines is 4. The van der Waals surface area contributed by atoms with E-state index in [1.54, 1.807) is 0 Å². The maximum Gasteiger partial charge on any atom is 0.336 e. The van der Waals surface area contributed by atoms with Crippen molar-refractivity contribution >= 4 is 69.4 Å². The molecule has 36 heteroatoms. The molecule has 6 N–H and O–H groups in total. The van der Waals surface area contributed by atoms with E-state index in [1.165, 1.54) is 0 Å². The Hall–Kier alpha value is -11.6. The third-order valence-corrected chi connectivity index (χ3v) is 7.15. The Kier molecular flexibility index (Phi) is 21.7. The molecule has 0 saturated carbocycles. The van der Waals surface area contributed by atoms with Crippen LogP contribution in [0.1, 0.15) is 41.4 Å². The maximum atomic E-state index is 10.5. The number of benzene rings is 4. The van der Waals surface area contributed by atoms with E-state index in [4.69, 9.17) is 10.2 Å². The zero-order valence-corrected chi connectivity index (χ0v) is 33.8. The van der Waals surface area contributed by atoms with Gasteiger partial charge in [-0.15, -0.1) is 10.2 Å². The van der Waals surface area contributed by atoms with Gasteiger partial charge in [-0.05, 0) is 0 Å². The summed E-state index contributed by atoms with van der Waals surface area (Å²) in [5, 5.41) is 131. The summed E-state index contributed by atoms with van der Waals surface area (Å²) in [6.07, 6.45) is 7.28. The van der Waals surface area contributed by atoms with Gasteiger partial charge in [0.25, 0.3) is 45.5 Å². The number of aromatic nitrogens is 4. The Labute approximate surface area is 381 Å². The lowest BCUT2D eigenvalue weighted by Gasteiger charge is -2.01. The molecular formula is C34H24N12O24. The standard InChI is InChI=1S/4C7H4N2O6.2C3H4N2/c4*10-7(11)4-1-5(8(12)13)3-6(2-4)9(14)15;2*1-2-4-5-3-1/h4*1-3H,(H,10,11);2*1-3H,(H,4,5). The SMILES string of the molecule is O=C(O)c1cc([N+](=O)[O-])cc([N+](=O)[O-])c1.O=C(O)c1cc([N+](=O)[O-])cc([N+](=O)[O-])c1.O=C([O-])c1cc([N+](=O)[O-])cc([N+](=O)[O-])c1.O=C([O-])c1cc([N+](=O)[O-])cc([N+](=O)[O-])c1.c1c[nH][nH+]c1.c1c[nH][nH+]c1. The topological polar surface area (TPSA) is 560 Å². The van der Waals surface area contributed by atoms with Gasteiger partial charge in [0, 0.05) is 71.8 Å². The molecule has 6 rings (SSSR count). The number of carboxylic acid groups (broad SMARTS) is 4. The highest BCUT2D eigenvalue weighted by Gasteiger charge is 2.21. The van der Waals surface area contributed by atoms with Crippen molar-refractivity contribution in [1.82, 2.24) is 10.2 Å². The van der Waals surface area contributed by atoms with Crippen molar-refractivity contribution in [3.63, 3.8) is 0 Å². The van der Waals surface area contributed by atoms with Crippen LogP contribution in [0.5, 0.6) is 0 Å². The van der Waals surface area contributed by atoms with E-state index in [1.807, 2.05) is 36.9 Å². The highest BCUT2D eigenvalue weighted by molar-refractivity contribution is 5.90. The lowest BCUT2D eigenvalue weighted by Crippen LogP contribution is -2.22. The molecule has 2 aromatic heterocycles. The number of nitro groups is 8. The summed E-state index contributed by atoms with van der Waals surface area (Å²) >= 11 is 0. The Morgan fingerprint density at radius 3 is 0.643 bits per heavy atom. The molecule has 0 radical (unpaired) electrons. The number of nitro benzene ring substituents is 8. The average Bonchev–Trinajstić information content (AvgIpc) is 4.10. The number of nitrogens with zero attached hydrogens (tertiary/aromatic N) is 8. The number of hydrogen-bond acceptors (Lipinski definition) is 22. The third kappa shape index (κ3) is 19.4. The molecule has 0 aliphatic heterocycles. The predicted molar refractivity (Wildman–Crippen MR) is 216 cm³/mol. The second-order valence-corrected chi connectivity index (χ2v) is 11.8. The van der Waals surface area contributed by atoms with Gasteiger partial charge in [0.05, 0.1) is 99.1 Å².